The van der Waals surface area contributed by atoms with Crippen molar-refractivity contribution in [1.29, 1.82) is 0 Å². The lowest BCUT2D eigenvalue weighted by atomic mass is 10.1. The van der Waals surface area contributed by atoms with Crippen LogP contribution in [0, 0.1) is 0 Å². The first-order valence-corrected chi connectivity index (χ1v) is 7.06. The molecule has 2 rings (SSSR count). The topological polar surface area (TPSA) is 80.0 Å². The summed E-state index contributed by atoms with van der Waals surface area (Å²) in [5, 5.41) is 2.83. The number of aryl methyl sites for hydroxylation is 1. The Kier molecular flexibility index (Phi) is 5.29. The summed E-state index contributed by atoms with van der Waals surface area (Å²) in [6, 6.07) is 11.2. The SMILES string of the molecule is CCCCc1ccc(NC(=O)c2ccc(NN)cn2)cc1. The van der Waals surface area contributed by atoms with Crippen molar-refractivity contribution in [3.8, 4) is 0 Å². The van der Waals surface area contributed by atoms with E-state index in [0.717, 1.165) is 12.1 Å². The van der Waals surface area contributed by atoms with E-state index in [9.17, 15) is 4.79 Å². The van der Waals surface area contributed by atoms with Crippen LogP contribution >= 0.6 is 0 Å². The number of nitrogen functional groups attached to an aromatic ring is 1. The van der Waals surface area contributed by atoms with Crippen molar-refractivity contribution in [1.82, 2.24) is 4.98 Å². The number of carbonyl (C=O) groups is 1. The molecule has 2 aromatic rings. The largest absolute Gasteiger partial charge is 0.323 e. The summed E-state index contributed by atoms with van der Waals surface area (Å²) in [4.78, 5) is 16.1. The molecule has 0 spiro atoms. The summed E-state index contributed by atoms with van der Waals surface area (Å²) in [5.74, 6) is 5.02. The summed E-state index contributed by atoms with van der Waals surface area (Å²) < 4.78 is 0. The number of nitrogens with zero attached hydrogens (tertiary/aromatic N) is 1. The number of aromatic nitrogens is 1. The number of nitrogens with two attached hydrogens (primary N) is 1. The molecule has 0 aliphatic rings. The molecule has 0 saturated heterocycles. The number of unbranched alkanes of at least 4 members (excludes halogenated alkanes) is 1. The van der Waals surface area contributed by atoms with Gasteiger partial charge in [-0.15, -0.1) is 0 Å². The quantitative estimate of drug-likeness (QED) is 0.563. The number of anilines is 2. The second-order valence-corrected chi connectivity index (χ2v) is 4.83. The summed E-state index contributed by atoms with van der Waals surface area (Å²) >= 11 is 0. The van der Waals surface area contributed by atoms with Gasteiger partial charge in [0.25, 0.3) is 5.91 Å². The molecule has 0 aliphatic heterocycles. The number of nitrogens with one attached hydrogen (secondary N) is 2. The van der Waals surface area contributed by atoms with Crippen molar-refractivity contribution in [2.45, 2.75) is 26.2 Å². The number of rotatable bonds is 6. The van der Waals surface area contributed by atoms with Gasteiger partial charge in [-0.3, -0.25) is 10.6 Å². The van der Waals surface area contributed by atoms with E-state index in [0.29, 0.717) is 11.4 Å². The van der Waals surface area contributed by atoms with Crippen LogP contribution in [0.3, 0.4) is 0 Å². The molecule has 1 aromatic carbocycles. The van der Waals surface area contributed by atoms with Crippen LogP contribution in [-0.2, 0) is 6.42 Å². The van der Waals surface area contributed by atoms with E-state index in [4.69, 9.17) is 5.84 Å². The number of benzene rings is 1. The van der Waals surface area contributed by atoms with Gasteiger partial charge in [0.1, 0.15) is 5.69 Å². The van der Waals surface area contributed by atoms with E-state index in [1.165, 1.54) is 24.6 Å². The minimum atomic E-state index is -0.236. The Labute approximate surface area is 124 Å². The number of pyridine rings is 1. The van der Waals surface area contributed by atoms with Gasteiger partial charge >= 0.3 is 0 Å². The zero-order valence-electron chi connectivity index (χ0n) is 12.1. The first kappa shape index (κ1) is 15.0. The fourth-order valence-electron chi connectivity index (χ4n) is 1.94. The van der Waals surface area contributed by atoms with Crippen LogP contribution < -0.4 is 16.6 Å². The Morgan fingerprint density at radius 2 is 1.86 bits per heavy atom. The molecule has 1 amide bonds. The van der Waals surface area contributed by atoms with Gasteiger partial charge in [0.15, 0.2) is 0 Å². The Balaban J connectivity index is 1.98. The second kappa shape index (κ2) is 7.40. The van der Waals surface area contributed by atoms with Gasteiger partial charge in [0.05, 0.1) is 11.9 Å². The van der Waals surface area contributed by atoms with Crippen LogP contribution in [0.2, 0.25) is 0 Å². The third-order valence-electron chi connectivity index (χ3n) is 3.19. The summed E-state index contributed by atoms with van der Waals surface area (Å²) in [7, 11) is 0. The minimum Gasteiger partial charge on any atom is -0.323 e. The van der Waals surface area contributed by atoms with E-state index in [-0.39, 0.29) is 5.91 Å². The standard InChI is InChI=1S/C16H20N4O/c1-2-3-4-12-5-7-13(8-6-12)19-16(21)15-10-9-14(20-17)11-18-15/h5-11,20H,2-4,17H2,1H3,(H,19,21). The van der Waals surface area contributed by atoms with Gasteiger partial charge in [-0.2, -0.15) is 0 Å². The second-order valence-electron chi connectivity index (χ2n) is 4.83. The lowest BCUT2D eigenvalue weighted by Crippen LogP contribution is -2.14. The summed E-state index contributed by atoms with van der Waals surface area (Å²) in [5.41, 5.74) is 5.53. The molecule has 0 unspecified atom stereocenters. The Morgan fingerprint density at radius 3 is 2.43 bits per heavy atom. The lowest BCUT2D eigenvalue weighted by Gasteiger charge is -2.07. The van der Waals surface area contributed by atoms with Crippen LogP contribution in [0.4, 0.5) is 11.4 Å². The highest BCUT2D eigenvalue weighted by molar-refractivity contribution is 6.02. The minimum absolute atomic E-state index is 0.236. The number of hydrogen-bond acceptors (Lipinski definition) is 4. The average Bonchev–Trinajstić information content (AvgIpc) is 2.54. The third kappa shape index (κ3) is 4.29. The van der Waals surface area contributed by atoms with Crippen molar-refractivity contribution >= 4 is 17.3 Å². The predicted octanol–water partition coefficient (Wildman–Crippen LogP) is 2.96. The van der Waals surface area contributed by atoms with Gasteiger partial charge in [0, 0.05) is 5.69 Å². The zero-order chi connectivity index (χ0) is 15.1. The van der Waals surface area contributed by atoms with Crippen molar-refractivity contribution in [2.24, 2.45) is 5.84 Å². The first-order valence-electron chi connectivity index (χ1n) is 7.06. The fourth-order valence-corrected chi connectivity index (χ4v) is 1.94. The lowest BCUT2D eigenvalue weighted by molar-refractivity contribution is 0.102. The van der Waals surface area contributed by atoms with E-state index in [2.05, 4.69) is 22.7 Å². The van der Waals surface area contributed by atoms with E-state index in [1.807, 2.05) is 24.3 Å². The maximum absolute atomic E-state index is 12.0. The van der Waals surface area contributed by atoms with Gasteiger partial charge in [-0.05, 0) is 42.7 Å². The summed E-state index contributed by atoms with van der Waals surface area (Å²) in [6.07, 6.45) is 4.94. The highest BCUT2D eigenvalue weighted by Gasteiger charge is 2.07. The summed E-state index contributed by atoms with van der Waals surface area (Å²) in [6.45, 7) is 2.17. The van der Waals surface area contributed by atoms with Gasteiger partial charge in [-0.1, -0.05) is 25.5 Å². The first-order chi connectivity index (χ1) is 10.2. The number of amides is 1. The maximum Gasteiger partial charge on any atom is 0.274 e. The molecule has 0 fully saturated rings. The van der Waals surface area contributed by atoms with E-state index < -0.39 is 0 Å². The Hall–Kier alpha value is -2.40. The molecular formula is C16H20N4O. The fraction of sp³-hybridized carbons (Fsp3) is 0.250. The van der Waals surface area contributed by atoms with Crippen LogP contribution in [-0.4, -0.2) is 10.9 Å². The van der Waals surface area contributed by atoms with Crippen molar-refractivity contribution in [3.63, 3.8) is 0 Å². The smallest absolute Gasteiger partial charge is 0.274 e. The van der Waals surface area contributed by atoms with Crippen molar-refractivity contribution < 1.29 is 4.79 Å². The molecule has 0 aliphatic carbocycles. The van der Waals surface area contributed by atoms with Crippen LogP contribution in [0.1, 0.15) is 35.8 Å². The molecule has 5 nitrogen and oxygen atoms in total. The van der Waals surface area contributed by atoms with E-state index >= 15 is 0 Å². The average molecular weight is 284 g/mol. The monoisotopic (exact) mass is 284 g/mol. The van der Waals surface area contributed by atoms with E-state index in [1.54, 1.807) is 12.1 Å². The highest BCUT2D eigenvalue weighted by atomic mass is 16.1. The molecular weight excluding hydrogens is 264 g/mol. The molecule has 0 atom stereocenters. The van der Waals surface area contributed by atoms with Gasteiger partial charge in [-0.25, -0.2) is 4.98 Å². The molecule has 1 heterocycles. The third-order valence-corrected chi connectivity index (χ3v) is 3.19. The van der Waals surface area contributed by atoms with Crippen LogP contribution in [0.25, 0.3) is 0 Å². The van der Waals surface area contributed by atoms with Gasteiger partial charge in [0.2, 0.25) is 0 Å². The highest BCUT2D eigenvalue weighted by Crippen LogP contribution is 2.13. The van der Waals surface area contributed by atoms with Crippen molar-refractivity contribution in [3.05, 3.63) is 53.9 Å². The molecule has 1 aromatic heterocycles. The zero-order valence-corrected chi connectivity index (χ0v) is 12.1. The van der Waals surface area contributed by atoms with Gasteiger partial charge < -0.3 is 10.7 Å². The normalized spacial score (nSPS) is 10.2. The Morgan fingerprint density at radius 1 is 1.14 bits per heavy atom. The molecule has 110 valence electrons. The molecule has 0 bridgehead atoms. The molecule has 5 heteroatoms. The number of hydrazine groups is 1. The predicted molar refractivity (Wildman–Crippen MR) is 85.1 cm³/mol. The van der Waals surface area contributed by atoms with Crippen molar-refractivity contribution in [2.75, 3.05) is 10.7 Å². The van der Waals surface area contributed by atoms with Crippen LogP contribution in [0.15, 0.2) is 42.6 Å². The maximum atomic E-state index is 12.0. The van der Waals surface area contributed by atoms with Crippen LogP contribution in [0.5, 0.6) is 0 Å². The number of carbonyl (C=O) groups excluding carboxylic acids is 1. The number of hydrogen-bond donors (Lipinski definition) is 3. The Bertz CT molecular complexity index is 578. The molecule has 21 heavy (non-hydrogen) atoms. The molecule has 0 radical (unpaired) electrons. The molecule has 0 saturated carbocycles. The molecule has 4 N–H and O–H groups in total.